The van der Waals surface area contributed by atoms with E-state index in [0.717, 1.165) is 18.5 Å². The van der Waals surface area contributed by atoms with Gasteiger partial charge in [0.15, 0.2) is 4.34 Å². The second-order valence-corrected chi connectivity index (χ2v) is 8.51. The second-order valence-electron chi connectivity index (χ2n) is 5.88. The van der Waals surface area contributed by atoms with Gasteiger partial charge in [-0.15, -0.1) is 10.2 Å². The lowest BCUT2D eigenvalue weighted by atomic mass is 9.97. The van der Waals surface area contributed by atoms with Gasteiger partial charge >= 0.3 is 0 Å². The van der Waals surface area contributed by atoms with Crippen molar-refractivity contribution in [2.75, 3.05) is 24.2 Å². The number of anilines is 2. The van der Waals surface area contributed by atoms with E-state index in [4.69, 9.17) is 17.3 Å². The van der Waals surface area contributed by atoms with Gasteiger partial charge < -0.3 is 16.0 Å². The molecule has 2 amide bonds. The number of hydrogen-bond acceptors (Lipinski definition) is 7. The topological polar surface area (TPSA) is 101 Å². The molecule has 0 radical (unpaired) electrons. The lowest BCUT2D eigenvalue weighted by Gasteiger charge is -2.31. The van der Waals surface area contributed by atoms with Crippen LogP contribution >= 0.6 is 34.7 Å². The van der Waals surface area contributed by atoms with E-state index in [9.17, 15) is 9.59 Å². The average molecular weight is 412 g/mol. The van der Waals surface area contributed by atoms with Crippen LogP contribution in [0, 0.1) is 5.92 Å². The molecule has 3 rings (SSSR count). The first-order valence-electron chi connectivity index (χ1n) is 8.07. The number of carbonyl (C=O) groups is 2. The number of thioether (sulfide) groups is 1. The molecule has 3 N–H and O–H groups in total. The molecule has 10 heteroatoms. The Morgan fingerprint density at radius 1 is 1.42 bits per heavy atom. The summed E-state index contributed by atoms with van der Waals surface area (Å²) in [6.45, 7) is 1.08. The summed E-state index contributed by atoms with van der Waals surface area (Å²) in [5.41, 5.74) is 6.18. The molecule has 2 aromatic rings. The van der Waals surface area contributed by atoms with Crippen molar-refractivity contribution >= 4 is 57.3 Å². The fourth-order valence-electron chi connectivity index (χ4n) is 2.66. The van der Waals surface area contributed by atoms with Gasteiger partial charge in [-0.3, -0.25) is 9.59 Å². The van der Waals surface area contributed by atoms with E-state index in [1.807, 2.05) is 12.1 Å². The van der Waals surface area contributed by atoms with Gasteiger partial charge in [0.05, 0.1) is 11.7 Å². The summed E-state index contributed by atoms with van der Waals surface area (Å²) < 4.78 is 0.700. The number of nitrogens with two attached hydrogens (primary N) is 1. The standard InChI is InChI=1S/C16H18ClN5O2S2/c17-11-4-1-5-12(7-11)19-15-20-21-16(26-15)25-9-13(23)22-6-2-3-10(8-22)14(18)24/h1,4-5,7,10H,2-3,6,8-9H2,(H2,18,24)(H,19,20)/t10-/m0/s1. The van der Waals surface area contributed by atoms with E-state index in [0.29, 0.717) is 27.6 Å². The van der Waals surface area contributed by atoms with Crippen LogP contribution in [0.5, 0.6) is 0 Å². The average Bonchev–Trinajstić information content (AvgIpc) is 3.07. The van der Waals surface area contributed by atoms with Crippen LogP contribution in [0.2, 0.25) is 5.02 Å². The van der Waals surface area contributed by atoms with E-state index in [1.54, 1.807) is 17.0 Å². The van der Waals surface area contributed by atoms with Crippen LogP contribution in [0.1, 0.15) is 12.8 Å². The number of nitrogens with zero attached hydrogens (tertiary/aromatic N) is 3. The first kappa shape index (κ1) is 18.9. The van der Waals surface area contributed by atoms with Crippen molar-refractivity contribution in [1.82, 2.24) is 15.1 Å². The van der Waals surface area contributed by atoms with Crippen LogP contribution < -0.4 is 11.1 Å². The number of rotatable bonds is 6. The summed E-state index contributed by atoms with van der Waals surface area (Å²) in [5.74, 6) is -0.332. The lowest BCUT2D eigenvalue weighted by Crippen LogP contribution is -2.44. The molecule has 1 fully saturated rings. The summed E-state index contributed by atoms with van der Waals surface area (Å²) in [6.07, 6.45) is 1.55. The lowest BCUT2D eigenvalue weighted by molar-refractivity contribution is -0.132. The monoisotopic (exact) mass is 411 g/mol. The molecular weight excluding hydrogens is 394 g/mol. The number of aromatic nitrogens is 2. The number of likely N-dealkylation sites (tertiary alicyclic amines) is 1. The Morgan fingerprint density at radius 3 is 3.04 bits per heavy atom. The minimum Gasteiger partial charge on any atom is -0.369 e. The summed E-state index contributed by atoms with van der Waals surface area (Å²) in [6, 6.07) is 7.32. The molecule has 1 aromatic carbocycles. The van der Waals surface area contributed by atoms with Crippen LogP contribution in [0.3, 0.4) is 0 Å². The second kappa shape index (κ2) is 8.70. The van der Waals surface area contributed by atoms with E-state index in [2.05, 4.69) is 15.5 Å². The molecule has 7 nitrogen and oxygen atoms in total. The van der Waals surface area contributed by atoms with E-state index < -0.39 is 0 Å². The smallest absolute Gasteiger partial charge is 0.233 e. The number of hydrogen-bond donors (Lipinski definition) is 2. The van der Waals surface area contributed by atoms with Crippen LogP contribution in [0.25, 0.3) is 0 Å². The Hall–Kier alpha value is -1.84. The SMILES string of the molecule is NC(=O)[C@H]1CCCN(C(=O)CSc2nnc(Nc3cccc(Cl)c3)s2)C1. The van der Waals surface area contributed by atoms with Crippen molar-refractivity contribution < 1.29 is 9.59 Å². The largest absolute Gasteiger partial charge is 0.369 e. The third-order valence-electron chi connectivity index (χ3n) is 3.98. The predicted octanol–water partition coefficient (Wildman–Crippen LogP) is 2.75. The van der Waals surface area contributed by atoms with Crippen molar-refractivity contribution in [2.24, 2.45) is 11.7 Å². The van der Waals surface area contributed by atoms with Gasteiger partial charge in [0.25, 0.3) is 0 Å². The molecule has 0 bridgehead atoms. The molecule has 0 spiro atoms. The first-order chi connectivity index (χ1) is 12.5. The number of carbonyl (C=O) groups excluding carboxylic acids is 2. The molecule has 0 aliphatic carbocycles. The predicted molar refractivity (Wildman–Crippen MR) is 104 cm³/mol. The molecule has 1 aliphatic rings. The molecule has 1 aliphatic heterocycles. The third-order valence-corrected chi connectivity index (χ3v) is 6.17. The molecule has 2 heterocycles. The van der Waals surface area contributed by atoms with Gasteiger partial charge in [0, 0.05) is 23.8 Å². The molecule has 138 valence electrons. The maximum Gasteiger partial charge on any atom is 0.233 e. The number of benzene rings is 1. The minimum atomic E-state index is -0.337. The van der Waals surface area contributed by atoms with Gasteiger partial charge in [0.1, 0.15) is 0 Å². The molecule has 0 saturated carbocycles. The van der Waals surface area contributed by atoms with Crippen molar-refractivity contribution in [3.05, 3.63) is 29.3 Å². The molecule has 0 unspecified atom stereocenters. The number of primary amides is 1. The fraction of sp³-hybridized carbons (Fsp3) is 0.375. The summed E-state index contributed by atoms with van der Waals surface area (Å²) >= 11 is 8.66. The first-order valence-corrected chi connectivity index (χ1v) is 10.3. The molecule has 1 aromatic heterocycles. The van der Waals surface area contributed by atoms with Gasteiger partial charge in [-0.2, -0.15) is 0 Å². The molecule has 1 atom stereocenters. The summed E-state index contributed by atoms with van der Waals surface area (Å²) in [7, 11) is 0. The van der Waals surface area contributed by atoms with Crippen LogP contribution in [-0.2, 0) is 9.59 Å². The Morgan fingerprint density at radius 2 is 2.27 bits per heavy atom. The highest BCUT2D eigenvalue weighted by Crippen LogP contribution is 2.29. The van der Waals surface area contributed by atoms with Gasteiger partial charge in [-0.25, -0.2) is 0 Å². The number of halogens is 1. The quantitative estimate of drug-likeness (QED) is 0.708. The maximum absolute atomic E-state index is 12.4. The zero-order chi connectivity index (χ0) is 18.5. The van der Waals surface area contributed by atoms with Gasteiger partial charge in [-0.1, -0.05) is 40.8 Å². The Balaban J connectivity index is 1.51. The normalized spacial score (nSPS) is 17.1. The number of nitrogens with one attached hydrogen (secondary N) is 1. The molecule has 26 heavy (non-hydrogen) atoms. The van der Waals surface area contributed by atoms with Crippen molar-refractivity contribution in [3.63, 3.8) is 0 Å². The Bertz CT molecular complexity index is 800. The van der Waals surface area contributed by atoms with Gasteiger partial charge in [-0.05, 0) is 31.0 Å². The van der Waals surface area contributed by atoms with E-state index in [1.165, 1.54) is 23.1 Å². The Labute approximate surface area is 164 Å². The highest BCUT2D eigenvalue weighted by atomic mass is 35.5. The van der Waals surface area contributed by atoms with Crippen LogP contribution in [-0.4, -0.2) is 45.8 Å². The van der Waals surface area contributed by atoms with E-state index in [-0.39, 0.29) is 23.5 Å². The van der Waals surface area contributed by atoms with Crippen molar-refractivity contribution in [3.8, 4) is 0 Å². The highest BCUT2D eigenvalue weighted by Gasteiger charge is 2.27. The number of amides is 2. The molecule has 1 saturated heterocycles. The third kappa shape index (κ3) is 5.09. The van der Waals surface area contributed by atoms with Crippen LogP contribution in [0.15, 0.2) is 28.6 Å². The Kier molecular flexibility index (Phi) is 6.33. The summed E-state index contributed by atoms with van der Waals surface area (Å²) in [5, 5.41) is 12.6. The highest BCUT2D eigenvalue weighted by molar-refractivity contribution is 8.01. The zero-order valence-electron chi connectivity index (χ0n) is 13.9. The van der Waals surface area contributed by atoms with Gasteiger partial charge in [0.2, 0.25) is 16.9 Å². The minimum absolute atomic E-state index is 0.0134. The zero-order valence-corrected chi connectivity index (χ0v) is 16.2. The molecular formula is C16H18ClN5O2S2. The van der Waals surface area contributed by atoms with Crippen LogP contribution in [0.4, 0.5) is 10.8 Å². The van der Waals surface area contributed by atoms with Crippen molar-refractivity contribution in [1.29, 1.82) is 0 Å². The summed E-state index contributed by atoms with van der Waals surface area (Å²) in [4.78, 5) is 25.4. The maximum atomic E-state index is 12.4. The van der Waals surface area contributed by atoms with E-state index >= 15 is 0 Å². The van der Waals surface area contributed by atoms with Crippen molar-refractivity contribution in [2.45, 2.75) is 17.2 Å². The fourth-order valence-corrected chi connectivity index (χ4v) is 4.52. The number of piperidine rings is 1.